The van der Waals surface area contributed by atoms with Gasteiger partial charge in [0, 0.05) is 24.3 Å². The number of carbonyl (C=O) groups is 4. The molecular formula is C21H28N4O4. The molecule has 0 unspecified atom stereocenters. The summed E-state index contributed by atoms with van der Waals surface area (Å²) in [4.78, 5) is 52.2. The molecule has 156 valence electrons. The van der Waals surface area contributed by atoms with Gasteiger partial charge in [0.05, 0.1) is 0 Å². The largest absolute Gasteiger partial charge is 0.325 e. The molecule has 0 spiro atoms. The smallest absolute Gasteiger partial charge is 0.325 e. The number of imide groups is 1. The van der Waals surface area contributed by atoms with Gasteiger partial charge >= 0.3 is 6.03 Å². The lowest BCUT2D eigenvalue weighted by Gasteiger charge is -2.25. The van der Waals surface area contributed by atoms with Crippen LogP contribution in [0.25, 0.3) is 0 Å². The van der Waals surface area contributed by atoms with Gasteiger partial charge in [-0.2, -0.15) is 0 Å². The highest BCUT2D eigenvalue weighted by Gasteiger charge is 2.50. The van der Waals surface area contributed by atoms with Crippen LogP contribution in [-0.2, 0) is 14.4 Å². The van der Waals surface area contributed by atoms with Crippen LogP contribution in [0.5, 0.6) is 0 Å². The third kappa shape index (κ3) is 4.26. The molecule has 1 aromatic rings. The fourth-order valence-corrected chi connectivity index (χ4v) is 4.13. The number of amides is 5. The maximum Gasteiger partial charge on any atom is 0.325 e. The first-order chi connectivity index (χ1) is 13.9. The molecular weight excluding hydrogens is 372 g/mol. The molecule has 2 saturated heterocycles. The monoisotopic (exact) mass is 400 g/mol. The molecule has 2 heterocycles. The van der Waals surface area contributed by atoms with E-state index in [0.29, 0.717) is 31.5 Å². The van der Waals surface area contributed by atoms with Crippen molar-refractivity contribution in [3.05, 3.63) is 24.3 Å². The standard InChI is InChI=1S/C21H28N4O4/c1-3-11-21(12-4-2)19(28)25(20(29)23-21)14-17(26)22-15-7-9-16(10-8-15)24-13-5-6-18(24)27/h7-10H,3-6,11-14H2,1-2H3,(H,22,26)(H,23,29). The highest BCUT2D eigenvalue weighted by molar-refractivity contribution is 6.10. The molecule has 2 N–H and O–H groups in total. The number of carbonyl (C=O) groups excluding carboxylic acids is 4. The summed E-state index contributed by atoms with van der Waals surface area (Å²) >= 11 is 0. The van der Waals surface area contributed by atoms with Crippen molar-refractivity contribution in [1.29, 1.82) is 0 Å². The molecule has 8 heteroatoms. The van der Waals surface area contributed by atoms with Crippen LogP contribution in [0, 0.1) is 0 Å². The number of nitrogens with one attached hydrogen (secondary N) is 2. The molecule has 0 bridgehead atoms. The Morgan fingerprint density at radius 3 is 2.31 bits per heavy atom. The van der Waals surface area contributed by atoms with E-state index in [0.717, 1.165) is 29.8 Å². The number of urea groups is 1. The number of benzene rings is 1. The maximum atomic E-state index is 12.9. The molecule has 0 aromatic heterocycles. The zero-order chi connectivity index (χ0) is 21.0. The third-order valence-corrected chi connectivity index (χ3v) is 5.44. The minimum absolute atomic E-state index is 0.1000. The van der Waals surface area contributed by atoms with Crippen molar-refractivity contribution in [2.24, 2.45) is 0 Å². The first kappa shape index (κ1) is 20.8. The SMILES string of the molecule is CCCC1(CCC)NC(=O)N(CC(=O)Nc2ccc(N3CCCC3=O)cc2)C1=O. The molecule has 0 atom stereocenters. The van der Waals surface area contributed by atoms with Crippen molar-refractivity contribution in [2.45, 2.75) is 57.9 Å². The second-order valence-electron chi connectivity index (χ2n) is 7.65. The minimum atomic E-state index is -0.898. The lowest BCUT2D eigenvalue weighted by molar-refractivity contribution is -0.134. The molecule has 5 amide bonds. The Labute approximate surface area is 170 Å². The van der Waals surface area contributed by atoms with Crippen molar-refractivity contribution in [3.8, 4) is 0 Å². The van der Waals surface area contributed by atoms with Gasteiger partial charge in [0.25, 0.3) is 5.91 Å². The molecule has 29 heavy (non-hydrogen) atoms. The van der Waals surface area contributed by atoms with Gasteiger partial charge in [-0.3, -0.25) is 19.3 Å². The molecule has 1 aromatic carbocycles. The van der Waals surface area contributed by atoms with Gasteiger partial charge in [-0.15, -0.1) is 0 Å². The summed E-state index contributed by atoms with van der Waals surface area (Å²) in [6, 6.07) is 6.46. The topological polar surface area (TPSA) is 98.8 Å². The van der Waals surface area contributed by atoms with Crippen LogP contribution in [0.1, 0.15) is 52.4 Å². The number of hydrogen-bond donors (Lipinski definition) is 2. The van der Waals surface area contributed by atoms with Crippen molar-refractivity contribution in [1.82, 2.24) is 10.2 Å². The maximum absolute atomic E-state index is 12.9. The van der Waals surface area contributed by atoms with Crippen LogP contribution >= 0.6 is 0 Å². The van der Waals surface area contributed by atoms with E-state index in [9.17, 15) is 19.2 Å². The first-order valence-corrected chi connectivity index (χ1v) is 10.2. The van der Waals surface area contributed by atoms with E-state index in [4.69, 9.17) is 0 Å². The molecule has 0 radical (unpaired) electrons. The van der Waals surface area contributed by atoms with Crippen molar-refractivity contribution in [2.75, 3.05) is 23.3 Å². The Bertz CT molecular complexity index is 799. The van der Waals surface area contributed by atoms with Crippen LogP contribution < -0.4 is 15.5 Å². The number of rotatable bonds is 8. The van der Waals surface area contributed by atoms with E-state index < -0.39 is 17.5 Å². The zero-order valence-corrected chi connectivity index (χ0v) is 17.0. The molecule has 2 aliphatic heterocycles. The quantitative estimate of drug-likeness (QED) is 0.655. The van der Waals surface area contributed by atoms with Gasteiger partial charge in [0.2, 0.25) is 11.8 Å². The summed E-state index contributed by atoms with van der Waals surface area (Å²) in [5.41, 5.74) is 0.444. The Balaban J connectivity index is 1.62. The lowest BCUT2D eigenvalue weighted by atomic mass is 9.88. The van der Waals surface area contributed by atoms with Crippen LogP contribution in [0.2, 0.25) is 0 Å². The summed E-state index contributed by atoms with van der Waals surface area (Å²) in [7, 11) is 0. The molecule has 8 nitrogen and oxygen atoms in total. The third-order valence-electron chi connectivity index (χ3n) is 5.44. The fourth-order valence-electron chi connectivity index (χ4n) is 4.13. The normalized spacial score (nSPS) is 18.3. The van der Waals surface area contributed by atoms with E-state index in [-0.39, 0.29) is 18.4 Å². The Morgan fingerprint density at radius 2 is 1.76 bits per heavy atom. The average Bonchev–Trinajstić information content (AvgIpc) is 3.20. The van der Waals surface area contributed by atoms with Gasteiger partial charge in [-0.05, 0) is 43.5 Å². The molecule has 2 fully saturated rings. The van der Waals surface area contributed by atoms with Crippen molar-refractivity contribution < 1.29 is 19.2 Å². The van der Waals surface area contributed by atoms with E-state index in [1.807, 2.05) is 13.8 Å². The second-order valence-corrected chi connectivity index (χ2v) is 7.65. The predicted octanol–water partition coefficient (Wildman–Crippen LogP) is 2.64. The number of nitrogens with zero attached hydrogens (tertiary/aromatic N) is 2. The highest BCUT2D eigenvalue weighted by Crippen LogP contribution is 2.28. The number of anilines is 2. The Hall–Kier alpha value is -2.90. The summed E-state index contributed by atoms with van der Waals surface area (Å²) in [6.07, 6.45) is 4.04. The first-order valence-electron chi connectivity index (χ1n) is 10.2. The van der Waals surface area contributed by atoms with Crippen LogP contribution in [-0.4, -0.2) is 47.3 Å². The van der Waals surface area contributed by atoms with Gasteiger partial charge < -0.3 is 15.5 Å². The van der Waals surface area contributed by atoms with Gasteiger partial charge in [0.15, 0.2) is 0 Å². The molecule has 0 aliphatic carbocycles. The van der Waals surface area contributed by atoms with Crippen LogP contribution in [0.15, 0.2) is 24.3 Å². The summed E-state index contributed by atoms with van der Waals surface area (Å²) in [5.74, 6) is -0.672. The van der Waals surface area contributed by atoms with E-state index in [1.165, 1.54) is 0 Å². The Morgan fingerprint density at radius 1 is 1.10 bits per heavy atom. The van der Waals surface area contributed by atoms with Gasteiger partial charge in [-0.25, -0.2) is 4.79 Å². The summed E-state index contributed by atoms with van der Waals surface area (Å²) in [5, 5.41) is 5.52. The lowest BCUT2D eigenvalue weighted by Crippen LogP contribution is -2.47. The molecule has 2 aliphatic rings. The molecule has 3 rings (SSSR count). The van der Waals surface area contributed by atoms with Crippen LogP contribution in [0.4, 0.5) is 16.2 Å². The predicted molar refractivity (Wildman–Crippen MR) is 109 cm³/mol. The summed E-state index contributed by atoms with van der Waals surface area (Å²) < 4.78 is 0. The van der Waals surface area contributed by atoms with Crippen molar-refractivity contribution >= 4 is 35.1 Å². The molecule has 0 saturated carbocycles. The average molecular weight is 400 g/mol. The van der Waals surface area contributed by atoms with Crippen molar-refractivity contribution in [3.63, 3.8) is 0 Å². The van der Waals surface area contributed by atoms with Gasteiger partial charge in [-0.1, -0.05) is 26.7 Å². The van der Waals surface area contributed by atoms with E-state index >= 15 is 0 Å². The highest BCUT2D eigenvalue weighted by atomic mass is 16.2. The zero-order valence-electron chi connectivity index (χ0n) is 17.0. The minimum Gasteiger partial charge on any atom is -0.325 e. The van der Waals surface area contributed by atoms with E-state index in [2.05, 4.69) is 10.6 Å². The van der Waals surface area contributed by atoms with Crippen LogP contribution in [0.3, 0.4) is 0 Å². The summed E-state index contributed by atoms with van der Waals surface area (Å²) in [6.45, 7) is 4.30. The second kappa shape index (κ2) is 8.63. The van der Waals surface area contributed by atoms with E-state index in [1.54, 1.807) is 29.2 Å². The Kier molecular flexibility index (Phi) is 6.20. The van der Waals surface area contributed by atoms with Gasteiger partial charge in [0.1, 0.15) is 12.1 Å². The number of hydrogen-bond acceptors (Lipinski definition) is 4. The fraction of sp³-hybridized carbons (Fsp3) is 0.524.